The molecular weight excluding hydrogens is 334 g/mol. The maximum absolute atomic E-state index is 6.51. The van der Waals surface area contributed by atoms with Gasteiger partial charge in [0.2, 0.25) is 0 Å². The third-order valence-electron chi connectivity index (χ3n) is 4.99. The Balaban J connectivity index is 1.72. The van der Waals surface area contributed by atoms with E-state index in [9.17, 15) is 0 Å². The van der Waals surface area contributed by atoms with Crippen LogP contribution in [0.2, 0.25) is 0 Å². The number of aryl methyl sites for hydroxylation is 1. The van der Waals surface area contributed by atoms with Gasteiger partial charge in [0.1, 0.15) is 11.5 Å². The molecule has 0 aromatic heterocycles. The van der Waals surface area contributed by atoms with E-state index in [0.717, 1.165) is 17.9 Å². The van der Waals surface area contributed by atoms with Crippen LogP contribution in [0.4, 0.5) is 0 Å². The first-order chi connectivity index (χ1) is 11.4. The lowest BCUT2D eigenvalue weighted by molar-refractivity contribution is 0.125. The van der Waals surface area contributed by atoms with Gasteiger partial charge >= 0.3 is 0 Å². The predicted octanol–water partition coefficient (Wildman–Crippen LogP) is 5.61. The van der Waals surface area contributed by atoms with Gasteiger partial charge in [-0.05, 0) is 66.1 Å². The topological polar surface area (TPSA) is 18.5 Å². The second-order valence-electron chi connectivity index (χ2n) is 7.92. The molecule has 1 aromatic carbocycles. The number of rotatable bonds is 1. The molecule has 0 spiro atoms. The summed E-state index contributed by atoms with van der Waals surface area (Å²) < 4.78 is 12.9. The molecule has 0 N–H and O–H groups in total. The van der Waals surface area contributed by atoms with Crippen molar-refractivity contribution in [1.29, 1.82) is 0 Å². The van der Waals surface area contributed by atoms with Gasteiger partial charge in [-0.25, -0.2) is 0 Å². The fourth-order valence-electron chi connectivity index (χ4n) is 3.86. The molecule has 3 aliphatic rings. The van der Waals surface area contributed by atoms with Crippen LogP contribution in [0, 0.1) is 6.92 Å². The maximum atomic E-state index is 6.51. The fourth-order valence-corrected chi connectivity index (χ4v) is 8.94. The van der Waals surface area contributed by atoms with Gasteiger partial charge in [0.05, 0.1) is 0 Å². The average molecular weight is 360 g/mol. The first kappa shape index (κ1) is 16.6. The summed E-state index contributed by atoms with van der Waals surface area (Å²) in [7, 11) is 0.284. The maximum Gasteiger partial charge on any atom is 0.162 e. The van der Waals surface area contributed by atoms with Crippen molar-refractivity contribution in [1.82, 2.24) is 0 Å². The van der Waals surface area contributed by atoms with Gasteiger partial charge in [-0.15, -0.1) is 0 Å². The Kier molecular flexibility index (Phi) is 4.06. The summed E-state index contributed by atoms with van der Waals surface area (Å²) in [6.45, 7) is 11.5. The quantitative estimate of drug-likeness (QED) is 0.607. The summed E-state index contributed by atoms with van der Waals surface area (Å²) in [4.78, 5) is 0. The molecule has 2 nitrogen and oxygen atoms in total. The highest BCUT2D eigenvalue weighted by molar-refractivity contribution is 7.69. The van der Waals surface area contributed by atoms with Crippen LogP contribution in [-0.2, 0) is 4.74 Å². The van der Waals surface area contributed by atoms with Gasteiger partial charge in [-0.3, -0.25) is 0 Å². The van der Waals surface area contributed by atoms with Crippen molar-refractivity contribution in [2.24, 2.45) is 0 Å². The van der Waals surface area contributed by atoms with E-state index in [0.29, 0.717) is 8.58 Å². The molecule has 2 aliphatic heterocycles. The van der Waals surface area contributed by atoms with Gasteiger partial charge in [-0.1, -0.05) is 38.5 Å². The Morgan fingerprint density at radius 2 is 1.96 bits per heavy atom. The summed E-state index contributed by atoms with van der Waals surface area (Å²) in [5.74, 6) is 2.57. The zero-order valence-corrected chi connectivity index (χ0v) is 17.0. The summed E-state index contributed by atoms with van der Waals surface area (Å²) in [6.07, 6.45) is 4.57. The van der Waals surface area contributed by atoms with Crippen molar-refractivity contribution in [3.05, 3.63) is 46.5 Å². The number of hydrogen-bond acceptors (Lipinski definition) is 2. The van der Waals surface area contributed by atoms with Crippen LogP contribution in [-0.4, -0.2) is 16.8 Å². The molecule has 2 heterocycles. The molecule has 24 heavy (non-hydrogen) atoms. The van der Waals surface area contributed by atoms with Crippen LogP contribution in [0.25, 0.3) is 0 Å². The Morgan fingerprint density at radius 1 is 1.17 bits per heavy atom. The van der Waals surface area contributed by atoms with Crippen molar-refractivity contribution < 1.29 is 9.47 Å². The van der Waals surface area contributed by atoms with E-state index in [4.69, 9.17) is 9.47 Å². The number of ether oxygens (including phenoxy) is 2. The minimum atomic E-state index is -0.429. The van der Waals surface area contributed by atoms with Gasteiger partial charge in [0, 0.05) is 10.6 Å². The Labute approximate surface area is 148 Å². The van der Waals surface area contributed by atoms with Gasteiger partial charge in [0.15, 0.2) is 11.7 Å². The lowest BCUT2D eigenvalue weighted by Crippen LogP contribution is -2.31. The third kappa shape index (κ3) is 2.63. The SMILES string of the molecule is CC1=C2PC(C3Oc4cccc(C)c4P3C(C)(C)C)OC2=CCC1. The molecule has 0 bridgehead atoms. The molecule has 0 saturated carbocycles. The van der Waals surface area contributed by atoms with E-state index >= 15 is 0 Å². The van der Waals surface area contributed by atoms with Gasteiger partial charge in [-0.2, -0.15) is 0 Å². The largest absolute Gasteiger partial charge is 0.481 e. The molecule has 4 unspecified atom stereocenters. The van der Waals surface area contributed by atoms with E-state index in [-0.39, 0.29) is 16.8 Å². The molecule has 4 atom stereocenters. The van der Waals surface area contributed by atoms with Crippen molar-refractivity contribution in [2.45, 2.75) is 64.3 Å². The Morgan fingerprint density at radius 3 is 2.67 bits per heavy atom. The molecular formula is C20H26O2P2. The zero-order chi connectivity index (χ0) is 17.1. The van der Waals surface area contributed by atoms with E-state index in [1.54, 1.807) is 0 Å². The number of allylic oxidation sites excluding steroid dienone is 3. The lowest BCUT2D eigenvalue weighted by atomic mass is 10.1. The van der Waals surface area contributed by atoms with Crippen LogP contribution in [0.1, 0.15) is 46.1 Å². The van der Waals surface area contributed by atoms with Gasteiger partial charge < -0.3 is 9.47 Å². The van der Waals surface area contributed by atoms with Crippen molar-refractivity contribution in [3.8, 4) is 5.75 Å². The van der Waals surface area contributed by atoms with Gasteiger partial charge in [0.25, 0.3) is 0 Å². The normalized spacial score (nSPS) is 29.9. The second kappa shape index (κ2) is 5.86. The number of benzene rings is 1. The minimum absolute atomic E-state index is 0.168. The molecule has 0 amide bonds. The number of hydrogen-bond donors (Lipinski definition) is 0. The smallest absolute Gasteiger partial charge is 0.162 e. The fraction of sp³-hybridized carbons (Fsp3) is 0.500. The van der Waals surface area contributed by atoms with Crippen LogP contribution >= 0.6 is 16.5 Å². The summed E-state index contributed by atoms with van der Waals surface area (Å²) >= 11 is 0. The number of fused-ring (bicyclic) bond motifs is 2. The highest BCUT2D eigenvalue weighted by Gasteiger charge is 2.49. The molecule has 128 valence electrons. The first-order valence-electron chi connectivity index (χ1n) is 8.75. The van der Waals surface area contributed by atoms with Crippen molar-refractivity contribution >= 4 is 21.8 Å². The standard InChI is InChI=1S/C20H26O2P2/c1-12-8-6-10-14-16(12)23-18(21-14)19-22-15-11-7-9-13(2)17(15)24(19)20(3,4)5/h7,9-11,18-19,23H,6,8H2,1-5H3. The molecule has 1 saturated heterocycles. The average Bonchev–Trinajstić information content (AvgIpc) is 3.08. The van der Waals surface area contributed by atoms with Crippen LogP contribution in [0.15, 0.2) is 40.9 Å². The second-order valence-corrected chi connectivity index (χ2v) is 12.3. The highest BCUT2D eigenvalue weighted by Crippen LogP contribution is 2.64. The summed E-state index contributed by atoms with van der Waals surface area (Å²) in [6, 6.07) is 6.47. The Bertz CT molecular complexity index is 742. The van der Waals surface area contributed by atoms with E-state index in [1.807, 2.05) is 0 Å². The summed E-state index contributed by atoms with van der Waals surface area (Å²) in [5, 5.41) is 3.12. The zero-order valence-electron chi connectivity index (χ0n) is 15.1. The molecule has 1 fully saturated rings. The van der Waals surface area contributed by atoms with E-state index in [1.165, 1.54) is 28.2 Å². The monoisotopic (exact) mass is 360 g/mol. The third-order valence-corrected chi connectivity index (χ3v) is 10.3. The van der Waals surface area contributed by atoms with Crippen LogP contribution < -0.4 is 10.0 Å². The molecule has 4 rings (SSSR count). The van der Waals surface area contributed by atoms with Crippen LogP contribution in [0.3, 0.4) is 0 Å². The first-order valence-corrected chi connectivity index (χ1v) is 11.2. The minimum Gasteiger partial charge on any atom is -0.481 e. The van der Waals surface area contributed by atoms with Crippen LogP contribution in [0.5, 0.6) is 5.75 Å². The highest BCUT2D eigenvalue weighted by atomic mass is 31.1. The molecule has 4 heteroatoms. The summed E-state index contributed by atoms with van der Waals surface area (Å²) in [5.41, 5.74) is 2.88. The predicted molar refractivity (Wildman–Crippen MR) is 105 cm³/mol. The molecule has 0 radical (unpaired) electrons. The molecule has 1 aliphatic carbocycles. The van der Waals surface area contributed by atoms with Crippen molar-refractivity contribution in [2.75, 3.05) is 0 Å². The molecule has 1 aromatic rings. The lowest BCUT2D eigenvalue weighted by Gasteiger charge is -2.34. The van der Waals surface area contributed by atoms with E-state index in [2.05, 4.69) is 58.9 Å². The van der Waals surface area contributed by atoms with Crippen molar-refractivity contribution in [3.63, 3.8) is 0 Å². The Hall–Kier alpha value is -0.840. The van der Waals surface area contributed by atoms with E-state index < -0.39 is 7.92 Å².